The molecule has 0 aliphatic rings. The molecule has 1 heterocycles. The summed E-state index contributed by atoms with van der Waals surface area (Å²) in [5.74, 6) is 0.0503. The van der Waals surface area contributed by atoms with Gasteiger partial charge in [0.05, 0.1) is 6.10 Å². The van der Waals surface area contributed by atoms with Crippen LogP contribution in [0.1, 0.15) is 33.0 Å². The van der Waals surface area contributed by atoms with Gasteiger partial charge in [-0.1, -0.05) is 20.8 Å². The predicted molar refractivity (Wildman–Crippen MR) is 76.7 cm³/mol. The molecular weight excluding hydrogens is 276 g/mol. The molecule has 0 saturated heterocycles. The van der Waals surface area contributed by atoms with Crippen LogP contribution < -0.4 is 5.32 Å². The van der Waals surface area contributed by atoms with E-state index in [0.717, 1.165) is 0 Å². The van der Waals surface area contributed by atoms with Crippen LogP contribution in [0.15, 0.2) is 6.20 Å². The quantitative estimate of drug-likeness (QED) is 0.601. The zero-order valence-electron chi connectivity index (χ0n) is 12.8. The van der Waals surface area contributed by atoms with Crippen LogP contribution in [0.25, 0.3) is 0 Å². The van der Waals surface area contributed by atoms with Crippen molar-refractivity contribution < 1.29 is 14.8 Å². The van der Waals surface area contributed by atoms with Gasteiger partial charge in [-0.2, -0.15) is 0 Å². The maximum absolute atomic E-state index is 11.7. The lowest BCUT2D eigenvalue weighted by molar-refractivity contribution is -0.389. The summed E-state index contributed by atoms with van der Waals surface area (Å²) >= 11 is 0. The van der Waals surface area contributed by atoms with E-state index in [1.54, 1.807) is 11.5 Å². The highest BCUT2D eigenvalue weighted by molar-refractivity contribution is 5.75. The Morgan fingerprint density at radius 1 is 1.57 bits per heavy atom. The summed E-state index contributed by atoms with van der Waals surface area (Å²) in [6.07, 6.45) is 0.857. The predicted octanol–water partition coefficient (Wildman–Crippen LogP) is 1.01. The molecule has 8 heteroatoms. The highest BCUT2D eigenvalue weighted by atomic mass is 16.6. The first-order valence-electron chi connectivity index (χ1n) is 6.74. The number of carbonyl (C=O) groups excluding carboxylic acids is 1. The average molecular weight is 298 g/mol. The molecule has 0 fully saturated rings. The SMILES string of the molecule is Cc1nc([N+](=O)[O-])cn1CCC(=O)NCC(O)C(C)(C)C. The first kappa shape index (κ1) is 17.1. The van der Waals surface area contributed by atoms with E-state index in [1.165, 1.54) is 6.20 Å². The summed E-state index contributed by atoms with van der Waals surface area (Å²) in [7, 11) is 0. The van der Waals surface area contributed by atoms with Crippen molar-refractivity contribution in [3.8, 4) is 0 Å². The summed E-state index contributed by atoms with van der Waals surface area (Å²) in [6.45, 7) is 7.80. The molecule has 0 aliphatic heterocycles. The third kappa shape index (κ3) is 5.14. The monoisotopic (exact) mass is 298 g/mol. The van der Waals surface area contributed by atoms with E-state index in [9.17, 15) is 20.0 Å². The second kappa shape index (κ2) is 6.66. The number of nitrogens with one attached hydrogen (secondary N) is 1. The third-order valence-corrected chi connectivity index (χ3v) is 3.22. The average Bonchev–Trinajstić information content (AvgIpc) is 2.74. The summed E-state index contributed by atoms with van der Waals surface area (Å²) < 4.78 is 1.57. The molecule has 1 unspecified atom stereocenters. The van der Waals surface area contributed by atoms with Crippen LogP contribution in [0, 0.1) is 22.5 Å². The normalized spacial score (nSPS) is 13.0. The number of aliphatic hydroxyl groups excluding tert-OH is 1. The Hall–Kier alpha value is -1.96. The summed E-state index contributed by atoms with van der Waals surface area (Å²) in [5.41, 5.74) is -0.297. The van der Waals surface area contributed by atoms with E-state index < -0.39 is 11.0 Å². The van der Waals surface area contributed by atoms with Crippen LogP contribution >= 0.6 is 0 Å². The second-order valence-electron chi connectivity index (χ2n) is 6.03. The smallest absolute Gasteiger partial charge is 0.381 e. The largest absolute Gasteiger partial charge is 0.391 e. The summed E-state index contributed by atoms with van der Waals surface area (Å²) in [5, 5.41) is 23.1. The Bertz CT molecular complexity index is 519. The van der Waals surface area contributed by atoms with Crippen LogP contribution in [0.5, 0.6) is 0 Å². The molecular formula is C13H22N4O4. The summed E-state index contributed by atoms with van der Waals surface area (Å²) in [4.78, 5) is 25.5. The van der Waals surface area contributed by atoms with Crippen LogP contribution in [0.3, 0.4) is 0 Å². The van der Waals surface area contributed by atoms with Gasteiger partial charge in [-0.25, -0.2) is 0 Å². The molecule has 0 aliphatic carbocycles. The molecule has 118 valence electrons. The number of hydrogen-bond acceptors (Lipinski definition) is 5. The number of imidazole rings is 1. The van der Waals surface area contributed by atoms with Crippen LogP contribution in [0.4, 0.5) is 5.82 Å². The first-order chi connectivity index (χ1) is 9.61. The molecule has 1 atom stereocenters. The van der Waals surface area contributed by atoms with Gasteiger partial charge in [0.15, 0.2) is 0 Å². The third-order valence-electron chi connectivity index (χ3n) is 3.22. The fourth-order valence-corrected chi connectivity index (χ4v) is 1.63. The first-order valence-corrected chi connectivity index (χ1v) is 6.74. The van der Waals surface area contributed by atoms with Gasteiger partial charge >= 0.3 is 5.82 Å². The highest BCUT2D eigenvalue weighted by Gasteiger charge is 2.22. The number of amides is 1. The summed E-state index contributed by atoms with van der Waals surface area (Å²) in [6, 6.07) is 0. The molecule has 1 aromatic heterocycles. The van der Waals surface area contributed by atoms with Crippen LogP contribution in [0.2, 0.25) is 0 Å². The standard InChI is InChI=1S/C13H22N4O4/c1-9-15-11(17(20)21)8-16(9)6-5-12(19)14-7-10(18)13(2,3)4/h8,10,18H,5-7H2,1-4H3,(H,14,19). The minimum atomic E-state index is -0.627. The molecule has 8 nitrogen and oxygen atoms in total. The Kier molecular flexibility index (Phi) is 5.42. The van der Waals surface area contributed by atoms with Gasteiger partial charge in [0.25, 0.3) is 0 Å². The van der Waals surface area contributed by atoms with Gasteiger partial charge in [-0.15, -0.1) is 0 Å². The molecule has 21 heavy (non-hydrogen) atoms. The van der Waals surface area contributed by atoms with E-state index in [0.29, 0.717) is 12.4 Å². The number of hydrogen-bond donors (Lipinski definition) is 2. The lowest BCUT2D eigenvalue weighted by Gasteiger charge is -2.25. The number of carbonyl (C=O) groups is 1. The Balaban J connectivity index is 2.45. The van der Waals surface area contributed by atoms with Crippen LogP contribution in [-0.2, 0) is 11.3 Å². The van der Waals surface area contributed by atoms with E-state index in [2.05, 4.69) is 10.3 Å². The van der Waals surface area contributed by atoms with E-state index in [4.69, 9.17) is 0 Å². The van der Waals surface area contributed by atoms with Crippen molar-refractivity contribution in [1.29, 1.82) is 0 Å². The Morgan fingerprint density at radius 2 is 2.19 bits per heavy atom. The zero-order chi connectivity index (χ0) is 16.2. The lowest BCUT2D eigenvalue weighted by atomic mass is 9.89. The van der Waals surface area contributed by atoms with Gasteiger partial charge < -0.3 is 25.1 Å². The van der Waals surface area contributed by atoms with Gasteiger partial charge in [0.1, 0.15) is 6.20 Å². The van der Waals surface area contributed by atoms with Gasteiger partial charge in [-0.3, -0.25) is 4.79 Å². The number of aliphatic hydroxyl groups is 1. The maximum atomic E-state index is 11.7. The second-order valence-corrected chi connectivity index (χ2v) is 6.03. The van der Waals surface area contributed by atoms with Crippen molar-refractivity contribution in [1.82, 2.24) is 14.9 Å². The molecule has 0 bridgehead atoms. The van der Waals surface area contributed by atoms with E-state index in [1.807, 2.05) is 20.8 Å². The van der Waals surface area contributed by atoms with Gasteiger partial charge in [0.2, 0.25) is 11.7 Å². The maximum Gasteiger partial charge on any atom is 0.381 e. The number of nitro groups is 1. The van der Waals surface area contributed by atoms with Crippen molar-refractivity contribution in [2.75, 3.05) is 6.54 Å². The molecule has 1 rings (SSSR count). The Labute approximate surface area is 123 Å². The van der Waals surface area contributed by atoms with E-state index in [-0.39, 0.29) is 30.1 Å². The molecule has 1 amide bonds. The topological polar surface area (TPSA) is 110 Å². The van der Waals surface area contributed by atoms with Crippen molar-refractivity contribution in [3.63, 3.8) is 0 Å². The number of aromatic nitrogens is 2. The Morgan fingerprint density at radius 3 is 2.67 bits per heavy atom. The van der Waals surface area contributed by atoms with Gasteiger partial charge in [-0.05, 0) is 15.3 Å². The van der Waals surface area contributed by atoms with Crippen molar-refractivity contribution >= 4 is 11.7 Å². The minimum absolute atomic E-state index is 0.172. The van der Waals surface area contributed by atoms with Crippen LogP contribution in [-0.4, -0.2) is 38.1 Å². The van der Waals surface area contributed by atoms with Crippen molar-refractivity contribution in [3.05, 3.63) is 22.1 Å². The number of rotatable bonds is 6. The molecule has 1 aromatic rings. The lowest BCUT2D eigenvalue weighted by Crippen LogP contribution is -2.39. The molecule has 0 spiro atoms. The van der Waals surface area contributed by atoms with Crippen molar-refractivity contribution in [2.24, 2.45) is 5.41 Å². The fourth-order valence-electron chi connectivity index (χ4n) is 1.63. The van der Waals surface area contributed by atoms with E-state index >= 15 is 0 Å². The zero-order valence-corrected chi connectivity index (χ0v) is 12.8. The number of aryl methyl sites for hydroxylation is 2. The molecule has 0 radical (unpaired) electrons. The molecule has 0 aromatic carbocycles. The molecule has 2 N–H and O–H groups in total. The fraction of sp³-hybridized carbons (Fsp3) is 0.692. The molecule has 0 saturated carbocycles. The van der Waals surface area contributed by atoms with Crippen molar-refractivity contribution in [2.45, 2.75) is 46.8 Å². The minimum Gasteiger partial charge on any atom is -0.391 e. The number of nitrogens with zero attached hydrogens (tertiary/aromatic N) is 3. The van der Waals surface area contributed by atoms with Gasteiger partial charge in [0, 0.05) is 26.4 Å². The highest BCUT2D eigenvalue weighted by Crippen LogP contribution is 2.18.